The molecule has 4 nitrogen and oxygen atoms in total. The fourth-order valence-electron chi connectivity index (χ4n) is 3.47. The van der Waals surface area contributed by atoms with E-state index in [0.29, 0.717) is 16.4 Å². The summed E-state index contributed by atoms with van der Waals surface area (Å²) in [5, 5.41) is 3.51. The standard InChI is InChI=1S/C21H29NO3Si/c1-9-16(26(7,8)20(4,5)6)21(19(24)25-10-2)15-13-11-12-14(3)17(15)22-18(21)23/h11-13H,1,10H2,2-8H3,(H,22,23)/t21-/m1/s1. The number of hydrogen-bond acceptors (Lipinski definition) is 3. The molecular weight excluding hydrogens is 342 g/mol. The van der Waals surface area contributed by atoms with Crippen molar-refractivity contribution in [1.82, 2.24) is 0 Å². The van der Waals surface area contributed by atoms with Crippen LogP contribution in [0.15, 0.2) is 35.7 Å². The highest BCUT2D eigenvalue weighted by atomic mass is 28.3. The maximum absolute atomic E-state index is 13.3. The van der Waals surface area contributed by atoms with E-state index in [2.05, 4.69) is 51.5 Å². The van der Waals surface area contributed by atoms with E-state index in [9.17, 15) is 9.59 Å². The first-order chi connectivity index (χ1) is 12.0. The third-order valence-corrected chi connectivity index (χ3v) is 11.4. The van der Waals surface area contributed by atoms with Gasteiger partial charge in [-0.3, -0.25) is 9.59 Å². The van der Waals surface area contributed by atoms with Gasteiger partial charge in [0.15, 0.2) is 5.41 Å². The van der Waals surface area contributed by atoms with Gasteiger partial charge in [-0.1, -0.05) is 58.6 Å². The molecule has 1 aliphatic rings. The summed E-state index contributed by atoms with van der Waals surface area (Å²) in [5.41, 5.74) is 3.78. The van der Waals surface area contributed by atoms with Crippen LogP contribution < -0.4 is 5.32 Å². The molecule has 0 saturated heterocycles. The molecule has 1 aliphatic heterocycles. The molecule has 1 atom stereocenters. The summed E-state index contributed by atoms with van der Waals surface area (Å²) >= 11 is 0. The third kappa shape index (κ3) is 2.67. The number of carbonyl (C=O) groups excluding carboxylic acids is 2. The number of benzene rings is 1. The second-order valence-electron chi connectivity index (χ2n) is 8.35. The Bertz CT molecular complexity index is 813. The molecule has 1 aromatic rings. The van der Waals surface area contributed by atoms with Crippen LogP contribution >= 0.6 is 0 Å². The average molecular weight is 372 g/mol. The van der Waals surface area contributed by atoms with Gasteiger partial charge in [0.2, 0.25) is 0 Å². The topological polar surface area (TPSA) is 55.4 Å². The highest BCUT2D eigenvalue weighted by Crippen LogP contribution is 2.52. The van der Waals surface area contributed by atoms with Crippen molar-refractivity contribution in [3.05, 3.63) is 46.8 Å². The number of carbonyl (C=O) groups is 2. The zero-order valence-corrected chi connectivity index (χ0v) is 17.9. The number of hydrogen-bond donors (Lipinski definition) is 1. The molecule has 1 heterocycles. The Morgan fingerprint density at radius 2 is 1.96 bits per heavy atom. The van der Waals surface area contributed by atoms with Gasteiger partial charge in [0.25, 0.3) is 5.91 Å². The molecular formula is C21H29NO3Si. The van der Waals surface area contributed by atoms with Crippen molar-refractivity contribution in [2.45, 2.75) is 58.2 Å². The van der Waals surface area contributed by atoms with Crippen LogP contribution in [0, 0.1) is 6.92 Å². The van der Waals surface area contributed by atoms with Crippen molar-refractivity contribution in [1.29, 1.82) is 0 Å². The van der Waals surface area contributed by atoms with Crippen molar-refractivity contribution < 1.29 is 14.3 Å². The lowest BCUT2D eigenvalue weighted by atomic mass is 9.80. The van der Waals surface area contributed by atoms with Crippen molar-refractivity contribution in [2.75, 3.05) is 11.9 Å². The van der Waals surface area contributed by atoms with E-state index in [1.54, 1.807) is 6.92 Å². The third-order valence-electron chi connectivity index (χ3n) is 5.89. The molecule has 1 amide bonds. The molecule has 140 valence electrons. The Balaban J connectivity index is 2.91. The normalized spacial score (nSPS) is 19.4. The number of amides is 1. The van der Waals surface area contributed by atoms with Crippen LogP contribution in [-0.4, -0.2) is 26.6 Å². The minimum atomic E-state index is -2.31. The lowest BCUT2D eigenvalue weighted by molar-refractivity contribution is -0.151. The van der Waals surface area contributed by atoms with Crippen LogP contribution in [0.1, 0.15) is 38.8 Å². The second kappa shape index (κ2) is 6.56. The van der Waals surface area contributed by atoms with E-state index in [4.69, 9.17) is 4.74 Å². The number of para-hydroxylation sites is 1. The van der Waals surface area contributed by atoms with E-state index < -0.39 is 19.5 Å². The van der Waals surface area contributed by atoms with Gasteiger partial charge in [-0.15, -0.1) is 5.73 Å². The van der Waals surface area contributed by atoms with Gasteiger partial charge in [-0.25, -0.2) is 0 Å². The molecule has 0 radical (unpaired) electrons. The number of fused-ring (bicyclic) bond motifs is 1. The molecule has 26 heavy (non-hydrogen) atoms. The maximum atomic E-state index is 13.3. The number of esters is 1. The number of anilines is 1. The largest absolute Gasteiger partial charge is 0.465 e. The van der Waals surface area contributed by atoms with Gasteiger partial charge in [0, 0.05) is 11.3 Å². The molecule has 0 aromatic heterocycles. The molecule has 0 fully saturated rings. The van der Waals surface area contributed by atoms with Crippen molar-refractivity contribution in [2.24, 2.45) is 0 Å². The van der Waals surface area contributed by atoms with E-state index in [1.165, 1.54) is 0 Å². The highest BCUT2D eigenvalue weighted by Gasteiger charge is 2.62. The predicted octanol–water partition coefficient (Wildman–Crippen LogP) is 4.51. The monoisotopic (exact) mass is 371 g/mol. The molecule has 0 bridgehead atoms. The van der Waals surface area contributed by atoms with Gasteiger partial charge in [0.05, 0.1) is 14.7 Å². The van der Waals surface area contributed by atoms with Crippen molar-refractivity contribution in [3.8, 4) is 0 Å². The summed E-state index contributed by atoms with van der Waals surface area (Å²) in [7, 11) is -2.31. The quantitative estimate of drug-likeness (QED) is 0.367. The van der Waals surface area contributed by atoms with E-state index in [1.807, 2.05) is 25.1 Å². The van der Waals surface area contributed by atoms with Crippen LogP contribution in [0.3, 0.4) is 0 Å². The van der Waals surface area contributed by atoms with Crippen LogP contribution in [0.5, 0.6) is 0 Å². The van der Waals surface area contributed by atoms with Crippen LogP contribution in [0.4, 0.5) is 5.69 Å². The van der Waals surface area contributed by atoms with Gasteiger partial charge in [-0.05, 0) is 29.6 Å². The molecule has 5 heteroatoms. The highest BCUT2D eigenvalue weighted by molar-refractivity contribution is 6.88. The molecule has 0 aliphatic carbocycles. The minimum absolute atomic E-state index is 0.0978. The van der Waals surface area contributed by atoms with Crippen LogP contribution in [-0.2, 0) is 19.7 Å². The lowest BCUT2D eigenvalue weighted by Crippen LogP contribution is -2.55. The summed E-state index contributed by atoms with van der Waals surface area (Å²) in [6, 6.07) is 5.63. The van der Waals surface area contributed by atoms with E-state index in [-0.39, 0.29) is 17.6 Å². The first-order valence-corrected chi connectivity index (χ1v) is 12.0. The van der Waals surface area contributed by atoms with E-state index >= 15 is 0 Å². The summed E-state index contributed by atoms with van der Waals surface area (Å²) < 4.78 is 5.42. The van der Waals surface area contributed by atoms with Gasteiger partial charge in [0.1, 0.15) is 0 Å². The Kier molecular flexibility index (Phi) is 5.10. The molecule has 0 unspecified atom stereocenters. The molecule has 2 rings (SSSR count). The van der Waals surface area contributed by atoms with Gasteiger partial charge in [-0.2, -0.15) is 0 Å². The van der Waals surface area contributed by atoms with Crippen LogP contribution in [0.2, 0.25) is 18.1 Å². The minimum Gasteiger partial charge on any atom is -0.465 e. The van der Waals surface area contributed by atoms with Crippen LogP contribution in [0.25, 0.3) is 0 Å². The smallest absolute Gasteiger partial charge is 0.330 e. The SMILES string of the molecule is C=C=C([C@@]1(C(=O)OCC)C(=O)Nc2c(C)cccc21)[Si](C)(C)C(C)(C)C. The molecule has 0 saturated carbocycles. The fourth-order valence-corrected chi connectivity index (χ4v) is 5.95. The molecule has 0 spiro atoms. The summed E-state index contributed by atoms with van der Waals surface area (Å²) in [4.78, 5) is 26.6. The Morgan fingerprint density at radius 1 is 1.35 bits per heavy atom. The Labute approximate surface area is 157 Å². The van der Waals surface area contributed by atoms with Crippen molar-refractivity contribution >= 4 is 25.6 Å². The predicted molar refractivity (Wildman–Crippen MR) is 108 cm³/mol. The first-order valence-electron chi connectivity index (χ1n) is 8.96. The van der Waals surface area contributed by atoms with Gasteiger partial charge >= 0.3 is 5.97 Å². The van der Waals surface area contributed by atoms with Gasteiger partial charge < -0.3 is 10.1 Å². The Morgan fingerprint density at radius 3 is 2.46 bits per heavy atom. The number of rotatable bonds is 4. The number of nitrogens with one attached hydrogen (secondary N) is 1. The number of ether oxygens (including phenoxy) is 1. The zero-order chi connectivity index (χ0) is 19.9. The fraction of sp³-hybridized carbons (Fsp3) is 0.476. The van der Waals surface area contributed by atoms with Crippen molar-refractivity contribution in [3.63, 3.8) is 0 Å². The second-order valence-corrected chi connectivity index (χ2v) is 13.6. The van der Waals surface area contributed by atoms with E-state index in [0.717, 1.165) is 5.56 Å². The Hall–Kier alpha value is -2.10. The summed E-state index contributed by atoms with van der Waals surface area (Å²) in [5.74, 6) is -0.908. The molecule has 1 aromatic carbocycles. The first kappa shape index (κ1) is 20.2. The maximum Gasteiger partial charge on any atom is 0.330 e. The zero-order valence-electron chi connectivity index (χ0n) is 16.9. The average Bonchev–Trinajstić information content (AvgIpc) is 2.82. The lowest BCUT2D eigenvalue weighted by Gasteiger charge is -2.43. The molecule has 1 N–H and O–H groups in total. The summed E-state index contributed by atoms with van der Waals surface area (Å²) in [6.07, 6.45) is 0. The summed E-state index contributed by atoms with van der Waals surface area (Å²) in [6.45, 7) is 18.5. The number of aryl methyl sites for hydroxylation is 1.